The molecule has 0 aromatic rings. The fraction of sp³-hybridized carbons (Fsp3) is 1.00. The minimum absolute atomic E-state index is 0.390. The topological polar surface area (TPSA) is 49.4 Å². The molecule has 3 unspecified atom stereocenters. The van der Waals surface area contributed by atoms with Crippen LogP contribution in [0.2, 0.25) is 0 Å². The van der Waals surface area contributed by atoms with Crippen LogP contribution < -0.4 is 4.89 Å². The summed E-state index contributed by atoms with van der Waals surface area (Å²) in [5.41, 5.74) is -2.89. The Morgan fingerprint density at radius 2 is 2.07 bits per heavy atom. The van der Waals surface area contributed by atoms with Crippen LogP contribution >= 0.6 is 5.69 Å². The van der Waals surface area contributed by atoms with Crippen molar-refractivity contribution in [3.05, 3.63) is 0 Å². The summed E-state index contributed by atoms with van der Waals surface area (Å²) in [7, 11) is -1.21. The number of hydrogen-bond acceptors (Lipinski definition) is 4. The van der Waals surface area contributed by atoms with E-state index in [0.717, 1.165) is 5.75 Å². The van der Waals surface area contributed by atoms with Crippen molar-refractivity contribution in [3.8, 4) is 0 Å². The van der Waals surface area contributed by atoms with Gasteiger partial charge in [-0.1, -0.05) is 6.92 Å². The van der Waals surface area contributed by atoms with Gasteiger partial charge in [0.25, 0.3) is 0 Å². The van der Waals surface area contributed by atoms with E-state index in [9.17, 15) is 9.10 Å². The van der Waals surface area contributed by atoms with Crippen LogP contribution in [0.15, 0.2) is 0 Å². The largest absolute Gasteiger partial charge is 0.760 e. The summed E-state index contributed by atoms with van der Waals surface area (Å²) in [5.74, 6) is 2.65. The van der Waals surface area contributed by atoms with Gasteiger partial charge in [-0.15, -0.1) is 0 Å². The zero-order chi connectivity index (χ0) is 11.9. The van der Waals surface area contributed by atoms with Gasteiger partial charge in [0.15, 0.2) is 5.69 Å². The monoisotopic (exact) mass is 290 g/mol. The first-order valence-corrected chi connectivity index (χ1v) is 11.3. The Labute approximate surface area is 103 Å². The molecule has 0 radical (unpaired) electrons. The maximum Gasteiger partial charge on any atom is 0.199 e. The second-order valence-electron chi connectivity index (χ2n) is 2.75. The Hall–Kier alpha value is 1.07. The highest BCUT2D eigenvalue weighted by Gasteiger charge is 2.27. The molecule has 0 spiro atoms. The Morgan fingerprint density at radius 3 is 2.47 bits per heavy atom. The summed E-state index contributed by atoms with van der Waals surface area (Å²) in [6.07, 6.45) is 0. The first-order valence-electron chi connectivity index (χ1n) is 4.96. The third kappa shape index (κ3) is 6.39. The van der Waals surface area contributed by atoms with E-state index >= 15 is 0 Å². The highest BCUT2D eigenvalue weighted by atomic mass is 32.9. The average Bonchev–Trinajstić information content (AvgIpc) is 2.17. The Morgan fingerprint density at radius 1 is 1.47 bits per heavy atom. The molecule has 0 aliphatic carbocycles. The van der Waals surface area contributed by atoms with Crippen molar-refractivity contribution in [1.29, 1.82) is 0 Å². The van der Waals surface area contributed by atoms with E-state index in [-0.39, 0.29) is 0 Å². The molecule has 0 aromatic heterocycles. The molecule has 3 atom stereocenters. The molecule has 0 bridgehead atoms. The molecule has 0 saturated carbocycles. The number of hydrogen-bond donors (Lipinski definition) is 0. The lowest BCUT2D eigenvalue weighted by Gasteiger charge is -2.25. The predicted molar refractivity (Wildman–Crippen MR) is 72.2 cm³/mol. The van der Waals surface area contributed by atoms with Crippen molar-refractivity contribution in [2.24, 2.45) is 0 Å². The van der Waals surface area contributed by atoms with Gasteiger partial charge in [-0.3, -0.25) is 4.21 Å². The summed E-state index contributed by atoms with van der Waals surface area (Å²) in [6.45, 7) is 6.02. The molecule has 0 aromatic carbocycles. The van der Waals surface area contributed by atoms with E-state index in [1.165, 1.54) is 0 Å². The standard InChI is InChI=1S/C8H19O3PS3/c1-4-11-12(9,13)15(6-3)8-7-14(10)5-2/h4-8H2,1-3H3. The molecule has 0 N–H and O–H groups in total. The van der Waals surface area contributed by atoms with Crippen LogP contribution in [0.3, 0.4) is 0 Å². The first-order chi connectivity index (χ1) is 6.97. The molecule has 0 saturated heterocycles. The lowest BCUT2D eigenvalue weighted by Crippen LogP contribution is -2.23. The molecule has 0 aliphatic rings. The van der Waals surface area contributed by atoms with Gasteiger partial charge >= 0.3 is 0 Å². The second-order valence-corrected chi connectivity index (χ2v) is 12.8. The van der Waals surface area contributed by atoms with Gasteiger partial charge in [0.05, 0.1) is 12.4 Å². The van der Waals surface area contributed by atoms with Crippen LogP contribution in [0.25, 0.3) is 0 Å². The Bertz CT molecular complexity index is 247. The first kappa shape index (κ1) is 16.1. The molecule has 15 heavy (non-hydrogen) atoms. The highest BCUT2D eigenvalue weighted by Crippen LogP contribution is 2.46. The van der Waals surface area contributed by atoms with Crippen molar-refractivity contribution in [2.45, 2.75) is 20.8 Å². The molecule has 92 valence electrons. The highest BCUT2D eigenvalue weighted by molar-refractivity contribution is 8.64. The molecule has 0 heterocycles. The van der Waals surface area contributed by atoms with Gasteiger partial charge in [-0.05, 0) is 25.7 Å². The maximum absolute atomic E-state index is 12.0. The summed E-state index contributed by atoms with van der Waals surface area (Å²) < 4.78 is 16.4. The van der Waals surface area contributed by atoms with Crippen molar-refractivity contribution in [1.82, 2.24) is 0 Å². The van der Waals surface area contributed by atoms with Gasteiger partial charge in [0, 0.05) is 27.1 Å². The molecular formula is C8H19O3PS3. The quantitative estimate of drug-likeness (QED) is 0.494. The van der Waals surface area contributed by atoms with Crippen LogP contribution in [-0.2, 0) is 37.6 Å². The fourth-order valence-electron chi connectivity index (χ4n) is 0.980. The van der Waals surface area contributed by atoms with Gasteiger partial charge in [-0.2, -0.15) is 0 Å². The molecule has 3 nitrogen and oxygen atoms in total. The van der Waals surface area contributed by atoms with Gasteiger partial charge in [-0.25, -0.2) is 0 Å². The van der Waals surface area contributed by atoms with Crippen LogP contribution in [-0.4, -0.2) is 33.8 Å². The maximum atomic E-state index is 12.0. The second kappa shape index (κ2) is 8.20. The van der Waals surface area contributed by atoms with Crippen molar-refractivity contribution in [2.75, 3.05) is 29.6 Å². The molecule has 0 rings (SSSR count). The van der Waals surface area contributed by atoms with Gasteiger partial charge in [0.2, 0.25) is 0 Å². The van der Waals surface area contributed by atoms with E-state index in [1.807, 2.05) is 13.8 Å². The van der Waals surface area contributed by atoms with E-state index in [4.69, 9.17) is 16.3 Å². The van der Waals surface area contributed by atoms with E-state index in [1.54, 1.807) is 6.92 Å². The van der Waals surface area contributed by atoms with Crippen LogP contribution in [0.4, 0.5) is 0 Å². The third-order valence-electron chi connectivity index (χ3n) is 1.81. The zero-order valence-electron chi connectivity index (χ0n) is 9.43. The molecule has 7 heteroatoms. The zero-order valence-corrected chi connectivity index (χ0v) is 12.8. The molecular weight excluding hydrogens is 271 g/mol. The van der Waals surface area contributed by atoms with E-state index in [2.05, 4.69) is 0 Å². The van der Waals surface area contributed by atoms with Crippen LogP contribution in [0, 0.1) is 0 Å². The predicted octanol–water partition coefficient (Wildman–Crippen LogP) is 1.01. The van der Waals surface area contributed by atoms with Gasteiger partial charge < -0.3 is 9.42 Å². The van der Waals surface area contributed by atoms with Crippen molar-refractivity contribution in [3.63, 3.8) is 0 Å². The number of rotatable bonds is 8. The summed E-state index contributed by atoms with van der Waals surface area (Å²) in [4.78, 5) is 12.0. The SMILES string of the molecule is CCOP([O-])(=S)[S+](CC)CCS(=O)CC. The van der Waals surface area contributed by atoms with Crippen LogP contribution in [0.1, 0.15) is 20.8 Å². The minimum Gasteiger partial charge on any atom is -0.760 e. The molecule has 0 amide bonds. The molecule has 0 fully saturated rings. The smallest absolute Gasteiger partial charge is 0.199 e. The normalized spacial score (nSPS) is 19.5. The van der Waals surface area contributed by atoms with E-state index in [0.29, 0.717) is 23.9 Å². The summed E-state index contributed by atoms with van der Waals surface area (Å²) in [5, 5.41) is 0. The summed E-state index contributed by atoms with van der Waals surface area (Å²) >= 11 is 5.00. The third-order valence-corrected chi connectivity index (χ3v) is 11.7. The van der Waals surface area contributed by atoms with E-state index < -0.39 is 27.0 Å². The van der Waals surface area contributed by atoms with Crippen LogP contribution in [0.5, 0.6) is 0 Å². The Balaban J connectivity index is 4.24. The Kier molecular flexibility index (Phi) is 8.79. The van der Waals surface area contributed by atoms with Gasteiger partial charge in [0.1, 0.15) is 11.5 Å². The minimum atomic E-state index is -2.89. The lowest BCUT2D eigenvalue weighted by atomic mass is 10.9. The molecule has 0 aliphatic heterocycles. The lowest BCUT2D eigenvalue weighted by molar-refractivity contribution is -0.174. The summed E-state index contributed by atoms with van der Waals surface area (Å²) in [6, 6.07) is 0. The fourth-order valence-corrected chi connectivity index (χ4v) is 9.07. The average molecular weight is 290 g/mol. The van der Waals surface area contributed by atoms with Crippen molar-refractivity contribution >= 4 is 38.8 Å². The van der Waals surface area contributed by atoms with Crippen molar-refractivity contribution < 1.29 is 13.6 Å².